The number of carbonyl (C=O) groups excluding carboxylic acids is 1. The van der Waals surface area contributed by atoms with Crippen molar-refractivity contribution < 1.29 is 24.5 Å². The highest BCUT2D eigenvalue weighted by atomic mass is 16.7. The van der Waals surface area contributed by atoms with Crippen molar-refractivity contribution in [1.29, 1.82) is 0 Å². The van der Waals surface area contributed by atoms with Crippen LogP contribution in [0.5, 0.6) is 0 Å². The third kappa shape index (κ3) is 3.85. The van der Waals surface area contributed by atoms with Gasteiger partial charge in [-0.25, -0.2) is 0 Å². The summed E-state index contributed by atoms with van der Waals surface area (Å²) in [6, 6.07) is 0. The van der Waals surface area contributed by atoms with Gasteiger partial charge in [-0.3, -0.25) is 4.79 Å². The zero-order chi connectivity index (χ0) is 16.3. The van der Waals surface area contributed by atoms with Crippen molar-refractivity contribution in [1.82, 2.24) is 0 Å². The molecule has 3 rings (SSSR count). The van der Waals surface area contributed by atoms with Crippen LogP contribution in [0.25, 0.3) is 0 Å². The number of rotatable bonds is 7. The van der Waals surface area contributed by atoms with E-state index in [4.69, 9.17) is 14.6 Å². The molecule has 3 fully saturated rings. The average Bonchev–Trinajstić information content (AvgIpc) is 3.18. The molecule has 0 radical (unpaired) electrons. The minimum absolute atomic E-state index is 0.0357. The monoisotopic (exact) mass is 324 g/mol. The van der Waals surface area contributed by atoms with Crippen molar-refractivity contribution in [3.63, 3.8) is 0 Å². The second-order valence-corrected chi connectivity index (χ2v) is 7.18. The van der Waals surface area contributed by atoms with Gasteiger partial charge in [0.1, 0.15) is 0 Å². The van der Waals surface area contributed by atoms with Gasteiger partial charge < -0.3 is 19.7 Å². The van der Waals surface area contributed by atoms with E-state index in [1.54, 1.807) is 6.08 Å². The summed E-state index contributed by atoms with van der Waals surface area (Å²) in [4.78, 5) is 11.9. The molecule has 5 nitrogen and oxygen atoms in total. The van der Waals surface area contributed by atoms with Crippen LogP contribution in [-0.2, 0) is 14.3 Å². The lowest BCUT2D eigenvalue weighted by Crippen LogP contribution is -2.29. The van der Waals surface area contributed by atoms with Crippen LogP contribution in [0.15, 0.2) is 12.2 Å². The molecule has 1 saturated heterocycles. The molecule has 2 saturated carbocycles. The first-order chi connectivity index (χ1) is 11.1. The number of aliphatic hydroxyl groups excluding tert-OH is 2. The Morgan fingerprint density at radius 1 is 1.17 bits per heavy atom. The smallest absolute Gasteiger partial charge is 0.169 e. The number of ether oxygens (including phenoxy) is 2. The van der Waals surface area contributed by atoms with Crippen molar-refractivity contribution in [3.8, 4) is 0 Å². The predicted molar refractivity (Wildman–Crippen MR) is 84.7 cm³/mol. The van der Waals surface area contributed by atoms with E-state index >= 15 is 0 Å². The summed E-state index contributed by atoms with van der Waals surface area (Å²) in [6.07, 6.45) is 8.64. The molecular weight excluding hydrogens is 296 g/mol. The standard InChI is InChI=1S/C18H28O5/c19-7-3-1-2-4-14(20)5-6-15-16-12-18(22-8-9-23-18)11-13(16)10-17(15)21/h5-6,13,15-17,19,21H,1-4,7-12H2/t13-,15-,16-,17-/m1/s1. The van der Waals surface area contributed by atoms with Gasteiger partial charge in [-0.2, -0.15) is 0 Å². The van der Waals surface area contributed by atoms with E-state index in [1.807, 2.05) is 6.08 Å². The molecule has 0 aromatic heterocycles. The van der Waals surface area contributed by atoms with E-state index in [0.29, 0.717) is 31.5 Å². The van der Waals surface area contributed by atoms with Gasteiger partial charge in [0.2, 0.25) is 0 Å². The molecule has 3 aliphatic rings. The maximum atomic E-state index is 11.9. The summed E-state index contributed by atoms with van der Waals surface area (Å²) in [6.45, 7) is 1.51. The van der Waals surface area contributed by atoms with Crippen LogP contribution in [0.1, 0.15) is 44.9 Å². The van der Waals surface area contributed by atoms with E-state index in [9.17, 15) is 9.90 Å². The van der Waals surface area contributed by atoms with Gasteiger partial charge in [0.15, 0.2) is 11.6 Å². The number of aliphatic hydroxyl groups is 2. The number of fused-ring (bicyclic) bond motifs is 1. The highest BCUT2D eigenvalue weighted by Crippen LogP contribution is 2.54. The molecule has 1 spiro atoms. The highest BCUT2D eigenvalue weighted by Gasteiger charge is 2.55. The van der Waals surface area contributed by atoms with Gasteiger partial charge in [0.25, 0.3) is 0 Å². The number of ketones is 1. The van der Waals surface area contributed by atoms with E-state index < -0.39 is 5.79 Å². The Morgan fingerprint density at radius 2 is 1.96 bits per heavy atom. The van der Waals surface area contributed by atoms with Crippen molar-refractivity contribution in [2.75, 3.05) is 19.8 Å². The van der Waals surface area contributed by atoms with E-state index in [1.165, 1.54) is 0 Å². The van der Waals surface area contributed by atoms with E-state index in [2.05, 4.69) is 0 Å². The lowest BCUT2D eigenvalue weighted by atomic mass is 9.90. The zero-order valence-electron chi connectivity index (χ0n) is 13.7. The van der Waals surface area contributed by atoms with Gasteiger partial charge >= 0.3 is 0 Å². The molecule has 130 valence electrons. The number of unbranched alkanes of at least 4 members (excludes halogenated alkanes) is 2. The quantitative estimate of drug-likeness (QED) is 0.552. The van der Waals surface area contributed by atoms with Gasteiger partial charge in [-0.15, -0.1) is 0 Å². The molecule has 0 amide bonds. The van der Waals surface area contributed by atoms with Gasteiger partial charge in [0.05, 0.1) is 19.3 Å². The highest BCUT2D eigenvalue weighted by molar-refractivity contribution is 5.89. The molecule has 1 heterocycles. The summed E-state index contributed by atoms with van der Waals surface area (Å²) in [5.74, 6) is 0.503. The SMILES string of the molecule is O=C(C=C[C@@H]1[C@@H]2CC3(C[C@H]2C[C@H]1O)OCCO3)CCCCCO. The fourth-order valence-corrected chi connectivity index (χ4v) is 4.51. The number of hydrogen-bond acceptors (Lipinski definition) is 5. The Kier molecular flexibility index (Phi) is 5.52. The van der Waals surface area contributed by atoms with E-state index in [0.717, 1.165) is 38.5 Å². The minimum atomic E-state index is -0.421. The molecule has 2 aliphatic carbocycles. The van der Waals surface area contributed by atoms with Crippen LogP contribution < -0.4 is 0 Å². The molecule has 5 heteroatoms. The maximum absolute atomic E-state index is 11.9. The van der Waals surface area contributed by atoms with Crippen LogP contribution in [0.4, 0.5) is 0 Å². The fraction of sp³-hybridized carbons (Fsp3) is 0.833. The third-order valence-electron chi connectivity index (χ3n) is 5.61. The average molecular weight is 324 g/mol. The zero-order valence-corrected chi connectivity index (χ0v) is 13.7. The lowest BCUT2D eigenvalue weighted by molar-refractivity contribution is -0.157. The number of hydrogen-bond donors (Lipinski definition) is 2. The molecule has 0 bridgehead atoms. The van der Waals surface area contributed by atoms with Crippen LogP contribution in [0, 0.1) is 17.8 Å². The first-order valence-electron chi connectivity index (χ1n) is 8.91. The van der Waals surface area contributed by atoms with Crippen LogP contribution >= 0.6 is 0 Å². The Balaban J connectivity index is 1.52. The third-order valence-corrected chi connectivity index (χ3v) is 5.61. The topological polar surface area (TPSA) is 76.0 Å². The van der Waals surface area contributed by atoms with Crippen molar-refractivity contribution in [3.05, 3.63) is 12.2 Å². The molecular formula is C18H28O5. The first kappa shape index (κ1) is 17.1. The van der Waals surface area contributed by atoms with Crippen LogP contribution in [0.3, 0.4) is 0 Å². The maximum Gasteiger partial charge on any atom is 0.169 e. The summed E-state index contributed by atoms with van der Waals surface area (Å²) in [7, 11) is 0. The normalized spacial score (nSPS) is 35.4. The predicted octanol–water partition coefficient (Wildman–Crippen LogP) is 1.81. The second kappa shape index (κ2) is 7.43. The Morgan fingerprint density at radius 3 is 2.70 bits per heavy atom. The number of carbonyl (C=O) groups is 1. The molecule has 23 heavy (non-hydrogen) atoms. The molecule has 0 unspecified atom stereocenters. The van der Waals surface area contributed by atoms with Crippen LogP contribution in [-0.4, -0.2) is 47.7 Å². The van der Waals surface area contributed by atoms with Crippen LogP contribution in [0.2, 0.25) is 0 Å². The number of allylic oxidation sites excluding steroid dienone is 1. The Labute approximate surface area is 137 Å². The van der Waals surface area contributed by atoms with Gasteiger partial charge in [-0.05, 0) is 37.2 Å². The molecule has 0 aromatic rings. The Bertz CT molecular complexity index is 441. The summed E-state index contributed by atoms with van der Waals surface area (Å²) in [5, 5.41) is 19.0. The summed E-state index contributed by atoms with van der Waals surface area (Å²) in [5.41, 5.74) is 0. The molecule has 4 atom stereocenters. The fourth-order valence-electron chi connectivity index (χ4n) is 4.51. The first-order valence-corrected chi connectivity index (χ1v) is 8.91. The van der Waals surface area contributed by atoms with Crippen molar-refractivity contribution in [2.45, 2.75) is 56.8 Å². The molecule has 0 aromatic carbocycles. The van der Waals surface area contributed by atoms with Crippen molar-refractivity contribution >= 4 is 5.78 Å². The van der Waals surface area contributed by atoms with Crippen molar-refractivity contribution in [2.24, 2.45) is 17.8 Å². The van der Waals surface area contributed by atoms with Gasteiger partial charge in [-0.1, -0.05) is 12.5 Å². The van der Waals surface area contributed by atoms with Gasteiger partial charge in [0, 0.05) is 31.8 Å². The summed E-state index contributed by atoms with van der Waals surface area (Å²) >= 11 is 0. The summed E-state index contributed by atoms with van der Waals surface area (Å²) < 4.78 is 11.6. The minimum Gasteiger partial charge on any atom is -0.396 e. The Hall–Kier alpha value is -0.750. The molecule has 2 N–H and O–H groups in total. The lowest BCUT2D eigenvalue weighted by Gasteiger charge is -2.25. The van der Waals surface area contributed by atoms with E-state index in [-0.39, 0.29) is 24.4 Å². The largest absolute Gasteiger partial charge is 0.396 e. The molecule has 1 aliphatic heterocycles. The second-order valence-electron chi connectivity index (χ2n) is 7.18.